The van der Waals surface area contributed by atoms with Crippen LogP contribution < -0.4 is 5.73 Å². The Morgan fingerprint density at radius 1 is 1.50 bits per heavy atom. The van der Waals surface area contributed by atoms with E-state index in [0.29, 0.717) is 6.54 Å². The molecule has 0 aliphatic heterocycles. The molecule has 2 N–H and O–H groups in total. The van der Waals surface area contributed by atoms with Crippen LogP contribution in [0, 0.1) is 0 Å². The molecule has 0 saturated carbocycles. The molecule has 0 atom stereocenters. The van der Waals surface area contributed by atoms with Crippen molar-refractivity contribution in [1.29, 1.82) is 0 Å². The average Bonchev–Trinajstić information content (AvgIpc) is 2.34. The number of nitrogens with two attached hydrogens (primary N) is 1. The molecule has 0 aliphatic carbocycles. The molecule has 1 heterocycles. The maximum atomic E-state index is 5.47. The van der Waals surface area contributed by atoms with Gasteiger partial charge in [-0.05, 0) is 41.7 Å². The molecule has 0 unspecified atom stereocenters. The van der Waals surface area contributed by atoms with Crippen molar-refractivity contribution in [2.24, 2.45) is 5.73 Å². The number of hydrogen-bond acceptors (Lipinski definition) is 3. The number of aryl methyl sites for hydroxylation is 1. The molecule has 2 nitrogen and oxygen atoms in total. The van der Waals surface area contributed by atoms with Crippen molar-refractivity contribution in [3.63, 3.8) is 0 Å². The maximum absolute atomic E-state index is 5.47. The highest BCUT2D eigenvalue weighted by Crippen LogP contribution is 2.24. The van der Waals surface area contributed by atoms with Crippen molar-refractivity contribution in [2.75, 3.05) is 6.54 Å². The Balaban J connectivity index is 2.70. The Hall–Kier alpha value is 0.0700. The zero-order valence-electron chi connectivity index (χ0n) is 7.14. The fourth-order valence-corrected chi connectivity index (χ4v) is 2.83. The molecule has 0 fully saturated rings. The second kappa shape index (κ2) is 4.94. The molecule has 1 aromatic rings. The summed E-state index contributed by atoms with van der Waals surface area (Å²) in [6.07, 6.45) is 3.16. The van der Waals surface area contributed by atoms with Gasteiger partial charge in [0, 0.05) is 4.88 Å². The lowest BCUT2D eigenvalue weighted by Crippen LogP contribution is -2.01. The predicted octanol–water partition coefficient (Wildman–Crippen LogP) is 2.36. The van der Waals surface area contributed by atoms with Gasteiger partial charge in [0.1, 0.15) is 4.60 Å². The van der Waals surface area contributed by atoms with Crippen LogP contribution in [0.25, 0.3) is 0 Å². The van der Waals surface area contributed by atoms with Crippen molar-refractivity contribution in [2.45, 2.75) is 26.2 Å². The summed E-state index contributed by atoms with van der Waals surface area (Å²) in [6.45, 7) is 2.87. The molecule has 0 radical (unpaired) electrons. The quantitative estimate of drug-likeness (QED) is 0.889. The van der Waals surface area contributed by atoms with Gasteiger partial charge >= 0.3 is 0 Å². The Bertz CT molecular complexity index is 247. The molecular formula is C8H13BrN2S. The summed E-state index contributed by atoms with van der Waals surface area (Å²) in [4.78, 5) is 5.68. The number of halogens is 1. The highest BCUT2D eigenvalue weighted by Gasteiger charge is 2.06. The molecule has 0 saturated heterocycles. The summed E-state index contributed by atoms with van der Waals surface area (Å²) < 4.78 is 0.987. The number of thiazole rings is 1. The summed E-state index contributed by atoms with van der Waals surface area (Å²) in [5, 5.41) is 1.22. The Morgan fingerprint density at radius 3 is 2.83 bits per heavy atom. The summed E-state index contributed by atoms with van der Waals surface area (Å²) in [5.74, 6) is 0. The third-order valence-electron chi connectivity index (χ3n) is 1.53. The van der Waals surface area contributed by atoms with Gasteiger partial charge in [-0.3, -0.25) is 0 Å². The van der Waals surface area contributed by atoms with Crippen molar-refractivity contribution in [3.8, 4) is 0 Å². The molecule has 0 amide bonds. The van der Waals surface area contributed by atoms with Gasteiger partial charge in [0.15, 0.2) is 0 Å². The van der Waals surface area contributed by atoms with Crippen LogP contribution in [-0.2, 0) is 12.8 Å². The van der Waals surface area contributed by atoms with Crippen LogP contribution in [0.15, 0.2) is 4.60 Å². The summed E-state index contributed by atoms with van der Waals surface area (Å²) in [7, 11) is 0. The molecule has 0 aliphatic rings. The maximum Gasteiger partial charge on any atom is 0.120 e. The zero-order chi connectivity index (χ0) is 8.97. The van der Waals surface area contributed by atoms with Crippen LogP contribution in [0.5, 0.6) is 0 Å². The second-order valence-corrected chi connectivity index (χ2v) is 4.53. The Morgan fingerprint density at radius 2 is 2.25 bits per heavy atom. The zero-order valence-corrected chi connectivity index (χ0v) is 9.54. The van der Waals surface area contributed by atoms with E-state index < -0.39 is 0 Å². The summed E-state index contributed by atoms with van der Waals surface area (Å²) in [6, 6.07) is 0. The minimum atomic E-state index is 0.701. The van der Waals surface area contributed by atoms with E-state index in [-0.39, 0.29) is 0 Å². The fourth-order valence-electron chi connectivity index (χ4n) is 0.985. The van der Waals surface area contributed by atoms with Crippen molar-refractivity contribution in [1.82, 2.24) is 4.98 Å². The SMILES string of the molecule is CCCc1nc(Br)c(CCN)s1. The number of rotatable bonds is 4. The molecule has 68 valence electrons. The third-order valence-corrected chi connectivity index (χ3v) is 3.62. The minimum Gasteiger partial charge on any atom is -0.330 e. The molecule has 4 heteroatoms. The standard InChI is InChI=1S/C8H13BrN2S/c1-2-3-7-11-8(9)6(12-7)4-5-10/h2-5,10H2,1H3. The van der Waals surface area contributed by atoms with E-state index in [4.69, 9.17) is 5.73 Å². The molecule has 1 rings (SSSR count). The van der Waals surface area contributed by atoms with Crippen LogP contribution >= 0.6 is 27.3 Å². The van der Waals surface area contributed by atoms with E-state index in [0.717, 1.165) is 23.9 Å². The van der Waals surface area contributed by atoms with E-state index in [2.05, 4.69) is 27.8 Å². The lowest BCUT2D eigenvalue weighted by Gasteiger charge is -1.89. The Kier molecular flexibility index (Phi) is 4.18. The smallest absolute Gasteiger partial charge is 0.120 e. The van der Waals surface area contributed by atoms with Crippen molar-refractivity contribution >= 4 is 27.3 Å². The van der Waals surface area contributed by atoms with Gasteiger partial charge in [-0.15, -0.1) is 11.3 Å². The number of aromatic nitrogens is 1. The van der Waals surface area contributed by atoms with Gasteiger partial charge in [0.2, 0.25) is 0 Å². The highest BCUT2D eigenvalue weighted by molar-refractivity contribution is 9.10. The van der Waals surface area contributed by atoms with Crippen molar-refractivity contribution < 1.29 is 0 Å². The van der Waals surface area contributed by atoms with Crippen LogP contribution in [-0.4, -0.2) is 11.5 Å². The summed E-state index contributed by atoms with van der Waals surface area (Å²) >= 11 is 5.20. The first-order valence-electron chi connectivity index (χ1n) is 4.12. The normalized spacial score (nSPS) is 10.6. The monoisotopic (exact) mass is 248 g/mol. The van der Waals surface area contributed by atoms with E-state index in [1.54, 1.807) is 11.3 Å². The van der Waals surface area contributed by atoms with Gasteiger partial charge in [0.05, 0.1) is 5.01 Å². The van der Waals surface area contributed by atoms with Crippen LogP contribution in [0.2, 0.25) is 0 Å². The van der Waals surface area contributed by atoms with Crippen LogP contribution in [0.3, 0.4) is 0 Å². The molecule has 1 aromatic heterocycles. The van der Waals surface area contributed by atoms with E-state index in [1.807, 2.05) is 0 Å². The van der Waals surface area contributed by atoms with Crippen LogP contribution in [0.1, 0.15) is 23.2 Å². The first-order chi connectivity index (χ1) is 5.77. The second-order valence-electron chi connectivity index (χ2n) is 2.61. The fraction of sp³-hybridized carbons (Fsp3) is 0.625. The predicted molar refractivity (Wildman–Crippen MR) is 56.6 cm³/mol. The van der Waals surface area contributed by atoms with Gasteiger partial charge in [0.25, 0.3) is 0 Å². The molecule has 0 aromatic carbocycles. The average molecular weight is 249 g/mol. The first kappa shape index (κ1) is 10.2. The molecule has 0 spiro atoms. The number of hydrogen-bond donors (Lipinski definition) is 1. The topological polar surface area (TPSA) is 38.9 Å². The lowest BCUT2D eigenvalue weighted by molar-refractivity contribution is 0.904. The largest absolute Gasteiger partial charge is 0.330 e. The lowest BCUT2D eigenvalue weighted by atomic mass is 10.3. The highest BCUT2D eigenvalue weighted by atomic mass is 79.9. The van der Waals surface area contributed by atoms with Crippen molar-refractivity contribution in [3.05, 3.63) is 14.5 Å². The van der Waals surface area contributed by atoms with E-state index in [1.165, 1.54) is 9.88 Å². The molecule has 0 bridgehead atoms. The van der Waals surface area contributed by atoms with Gasteiger partial charge in [-0.1, -0.05) is 6.92 Å². The first-order valence-corrected chi connectivity index (χ1v) is 5.73. The van der Waals surface area contributed by atoms with Crippen LogP contribution in [0.4, 0.5) is 0 Å². The third kappa shape index (κ3) is 2.54. The molecule has 12 heavy (non-hydrogen) atoms. The van der Waals surface area contributed by atoms with E-state index in [9.17, 15) is 0 Å². The van der Waals surface area contributed by atoms with Gasteiger partial charge in [-0.25, -0.2) is 4.98 Å². The van der Waals surface area contributed by atoms with Gasteiger partial charge < -0.3 is 5.73 Å². The number of nitrogens with zero attached hydrogens (tertiary/aromatic N) is 1. The summed E-state index contributed by atoms with van der Waals surface area (Å²) in [5.41, 5.74) is 5.47. The van der Waals surface area contributed by atoms with E-state index >= 15 is 0 Å². The Labute approximate surface area is 85.3 Å². The van der Waals surface area contributed by atoms with Gasteiger partial charge in [-0.2, -0.15) is 0 Å². The minimum absolute atomic E-state index is 0.701. The molecular weight excluding hydrogens is 236 g/mol.